The molecule has 0 radical (unpaired) electrons. The Balaban J connectivity index is 0.00000120. The fraction of sp³-hybridized carbons (Fsp3) is 0.200. The summed E-state index contributed by atoms with van der Waals surface area (Å²) >= 11 is 0. The van der Waals surface area contributed by atoms with Gasteiger partial charge in [0.2, 0.25) is 0 Å². The van der Waals surface area contributed by atoms with Gasteiger partial charge in [0.15, 0.2) is 0 Å². The van der Waals surface area contributed by atoms with Crippen LogP contribution in [0.1, 0.15) is 11.1 Å². The molecular weight excluding hydrogens is 409 g/mol. The molecule has 0 aliphatic carbocycles. The summed E-state index contributed by atoms with van der Waals surface area (Å²) in [5, 5.41) is 15.3. The lowest BCUT2D eigenvalue weighted by atomic mass is 10.1. The van der Waals surface area contributed by atoms with E-state index in [1.807, 2.05) is 30.5 Å². The van der Waals surface area contributed by atoms with Crippen LogP contribution in [0.25, 0.3) is 16.9 Å². The van der Waals surface area contributed by atoms with E-state index < -0.39 is 0 Å². The number of amidine groups is 2. The molecule has 3 aromatic rings. The second-order valence-corrected chi connectivity index (χ2v) is 6.49. The van der Waals surface area contributed by atoms with Crippen LogP contribution in [0.15, 0.2) is 64.7 Å². The number of halogens is 2. The number of hydrogen-bond donors (Lipinski definition) is 2. The zero-order valence-electron chi connectivity index (χ0n) is 15.6. The molecule has 2 aliphatic heterocycles. The summed E-state index contributed by atoms with van der Waals surface area (Å²) in [4.78, 5) is 8.97. The second kappa shape index (κ2) is 9.07. The van der Waals surface area contributed by atoms with Crippen LogP contribution >= 0.6 is 24.8 Å². The molecule has 1 aromatic heterocycles. The summed E-state index contributed by atoms with van der Waals surface area (Å²) in [6.07, 6.45) is 1.95. The van der Waals surface area contributed by atoms with Crippen molar-refractivity contribution in [2.45, 2.75) is 0 Å². The maximum Gasteiger partial charge on any atom is 0.128 e. The number of rotatable bonds is 4. The molecule has 0 spiro atoms. The predicted molar refractivity (Wildman–Crippen MR) is 120 cm³/mol. The van der Waals surface area contributed by atoms with Crippen LogP contribution < -0.4 is 10.6 Å². The van der Waals surface area contributed by atoms with Crippen molar-refractivity contribution in [3.8, 4) is 16.9 Å². The van der Waals surface area contributed by atoms with Gasteiger partial charge in [-0.2, -0.15) is 0 Å². The quantitative estimate of drug-likeness (QED) is 0.667. The Morgan fingerprint density at radius 1 is 0.759 bits per heavy atom. The molecule has 2 aromatic carbocycles. The van der Waals surface area contributed by atoms with E-state index in [0.29, 0.717) is 0 Å². The predicted octanol–water partition coefficient (Wildman–Crippen LogP) is 2.48. The van der Waals surface area contributed by atoms with Gasteiger partial charge in [-0.05, 0) is 18.2 Å². The molecule has 29 heavy (non-hydrogen) atoms. The highest BCUT2D eigenvalue weighted by Gasteiger charge is 2.12. The van der Waals surface area contributed by atoms with Gasteiger partial charge in [-0.15, -0.1) is 29.9 Å². The minimum atomic E-state index is 0. The highest BCUT2D eigenvalue weighted by Crippen LogP contribution is 2.20. The van der Waals surface area contributed by atoms with Gasteiger partial charge in [-0.3, -0.25) is 9.98 Å². The van der Waals surface area contributed by atoms with Crippen LogP contribution in [0.3, 0.4) is 0 Å². The maximum absolute atomic E-state index is 4.49. The molecule has 0 saturated heterocycles. The van der Waals surface area contributed by atoms with Crippen LogP contribution in [0, 0.1) is 0 Å². The van der Waals surface area contributed by atoms with E-state index in [1.165, 1.54) is 0 Å². The van der Waals surface area contributed by atoms with E-state index >= 15 is 0 Å². The maximum atomic E-state index is 4.49. The lowest BCUT2D eigenvalue weighted by Crippen LogP contribution is -2.19. The minimum absolute atomic E-state index is 0. The van der Waals surface area contributed by atoms with Gasteiger partial charge in [-0.25, -0.2) is 4.68 Å². The highest BCUT2D eigenvalue weighted by molar-refractivity contribution is 6.01. The average Bonchev–Trinajstić information content (AvgIpc) is 3.51. The summed E-state index contributed by atoms with van der Waals surface area (Å²) in [6.45, 7) is 3.44. The van der Waals surface area contributed by atoms with Crippen LogP contribution in [0.4, 0.5) is 0 Å². The smallest absolute Gasteiger partial charge is 0.128 e. The van der Waals surface area contributed by atoms with Crippen molar-refractivity contribution >= 4 is 36.5 Å². The van der Waals surface area contributed by atoms with Gasteiger partial charge >= 0.3 is 0 Å². The van der Waals surface area contributed by atoms with Gasteiger partial charge in [0.05, 0.1) is 25.0 Å². The fourth-order valence-electron chi connectivity index (χ4n) is 3.33. The number of nitrogens with zero attached hydrogens (tertiary/aromatic N) is 5. The molecule has 0 bridgehead atoms. The van der Waals surface area contributed by atoms with Crippen LogP contribution in [0.5, 0.6) is 0 Å². The zero-order chi connectivity index (χ0) is 18.1. The molecule has 5 rings (SSSR count). The molecule has 0 saturated carbocycles. The third-order valence-corrected chi connectivity index (χ3v) is 4.66. The van der Waals surface area contributed by atoms with Gasteiger partial charge in [0.1, 0.15) is 17.4 Å². The van der Waals surface area contributed by atoms with Crippen LogP contribution in [-0.2, 0) is 0 Å². The first-order chi connectivity index (χ1) is 13.4. The van der Waals surface area contributed by atoms with E-state index in [2.05, 4.69) is 55.2 Å². The molecule has 0 atom stereocenters. The molecule has 7 nitrogen and oxygen atoms in total. The van der Waals surface area contributed by atoms with Crippen molar-refractivity contribution < 1.29 is 0 Å². The standard InChI is InChI=1S/C20H19N7.2ClH/c1-3-14(11-15(4-1)19-21-7-8-22-19)18-13-27(26-25-18)17-6-2-5-16(12-17)20-23-9-10-24-20;;/h1-6,11-13H,7-10H2,(H,21,22)(H,23,24);2*1H. The Kier molecular flexibility index (Phi) is 6.51. The van der Waals surface area contributed by atoms with Gasteiger partial charge in [0.25, 0.3) is 0 Å². The van der Waals surface area contributed by atoms with E-state index in [9.17, 15) is 0 Å². The molecule has 3 heterocycles. The lowest BCUT2D eigenvalue weighted by molar-refractivity contribution is 0.803. The lowest BCUT2D eigenvalue weighted by Gasteiger charge is -2.05. The summed E-state index contributed by atoms with van der Waals surface area (Å²) in [6, 6.07) is 16.4. The normalized spacial score (nSPS) is 14.8. The van der Waals surface area contributed by atoms with E-state index in [-0.39, 0.29) is 24.8 Å². The van der Waals surface area contributed by atoms with Crippen molar-refractivity contribution in [2.24, 2.45) is 9.98 Å². The summed E-state index contributed by atoms with van der Waals surface area (Å²) in [5.41, 5.74) is 4.95. The Bertz CT molecular complexity index is 976. The fourth-order valence-corrected chi connectivity index (χ4v) is 3.33. The molecule has 0 unspecified atom stereocenters. The third-order valence-electron chi connectivity index (χ3n) is 4.66. The Hall–Kier alpha value is -2.90. The van der Waals surface area contributed by atoms with Crippen LogP contribution in [-0.4, -0.2) is 52.8 Å². The molecule has 0 amide bonds. The van der Waals surface area contributed by atoms with Crippen molar-refractivity contribution in [1.29, 1.82) is 0 Å². The van der Waals surface area contributed by atoms with Crippen LogP contribution in [0.2, 0.25) is 0 Å². The summed E-state index contributed by atoms with van der Waals surface area (Å²) in [5.74, 6) is 1.89. The highest BCUT2D eigenvalue weighted by atomic mass is 35.5. The number of aliphatic imine (C=N–C) groups is 2. The summed E-state index contributed by atoms with van der Waals surface area (Å²) in [7, 11) is 0. The van der Waals surface area contributed by atoms with E-state index in [0.717, 1.165) is 65.9 Å². The third kappa shape index (κ3) is 4.26. The van der Waals surface area contributed by atoms with E-state index in [4.69, 9.17) is 0 Å². The monoisotopic (exact) mass is 429 g/mol. The number of hydrogen-bond acceptors (Lipinski definition) is 6. The second-order valence-electron chi connectivity index (χ2n) is 6.49. The first-order valence-corrected chi connectivity index (χ1v) is 9.07. The first kappa shape index (κ1) is 20.8. The first-order valence-electron chi connectivity index (χ1n) is 9.07. The van der Waals surface area contributed by atoms with Crippen molar-refractivity contribution in [1.82, 2.24) is 25.6 Å². The SMILES string of the molecule is Cl.Cl.c1cc(C2=NCCN2)cc(-c2cn(-c3cccc(C4=NCCN4)c3)nn2)c1. The molecule has 2 aliphatic rings. The number of nitrogens with one attached hydrogen (secondary N) is 2. The molecule has 9 heteroatoms. The van der Waals surface area contributed by atoms with Gasteiger partial charge < -0.3 is 10.6 Å². The van der Waals surface area contributed by atoms with Crippen molar-refractivity contribution in [2.75, 3.05) is 26.2 Å². The summed E-state index contributed by atoms with van der Waals surface area (Å²) < 4.78 is 1.80. The van der Waals surface area contributed by atoms with Gasteiger partial charge in [-0.1, -0.05) is 35.5 Å². The Morgan fingerprint density at radius 2 is 1.38 bits per heavy atom. The van der Waals surface area contributed by atoms with Crippen molar-refractivity contribution in [3.63, 3.8) is 0 Å². The molecular formula is C20H21Cl2N7. The number of benzene rings is 2. The molecule has 0 fully saturated rings. The van der Waals surface area contributed by atoms with Gasteiger partial charge in [0, 0.05) is 29.8 Å². The zero-order valence-corrected chi connectivity index (χ0v) is 17.2. The molecule has 2 N–H and O–H groups in total. The topological polar surface area (TPSA) is 79.5 Å². The van der Waals surface area contributed by atoms with E-state index in [1.54, 1.807) is 4.68 Å². The Morgan fingerprint density at radius 3 is 2.03 bits per heavy atom. The minimum Gasteiger partial charge on any atom is -0.368 e. The Labute approximate surface area is 181 Å². The average molecular weight is 430 g/mol. The largest absolute Gasteiger partial charge is 0.368 e. The van der Waals surface area contributed by atoms with Crippen molar-refractivity contribution in [3.05, 3.63) is 65.9 Å². The number of aromatic nitrogens is 3. The molecule has 150 valence electrons.